The van der Waals surface area contributed by atoms with E-state index in [1.807, 2.05) is 0 Å². The number of unbranched alkanes of at least 4 members (excludes halogenated alkanes) is 27. The van der Waals surface area contributed by atoms with E-state index in [0.717, 1.165) is 122 Å². The lowest BCUT2D eigenvalue weighted by Crippen LogP contribution is -2.30. The number of carbonyl (C=O) groups excluding carboxylic acids is 3. The van der Waals surface area contributed by atoms with Gasteiger partial charge in [0.05, 0.1) is 0 Å². The predicted octanol–water partition coefficient (Wildman–Crippen LogP) is 19.5. The number of esters is 3. The fourth-order valence-electron chi connectivity index (χ4n) is 8.10. The van der Waals surface area contributed by atoms with Crippen LogP contribution in [0.3, 0.4) is 0 Å². The number of rotatable bonds is 52. The van der Waals surface area contributed by atoms with Crippen LogP contribution < -0.4 is 0 Å². The summed E-state index contributed by atoms with van der Waals surface area (Å²) in [6, 6.07) is 0. The Balaban J connectivity index is 4.39. The van der Waals surface area contributed by atoms with E-state index in [4.69, 9.17) is 14.2 Å². The van der Waals surface area contributed by atoms with Gasteiger partial charge in [-0.05, 0) is 89.9 Å². The van der Waals surface area contributed by atoms with Crippen molar-refractivity contribution >= 4 is 17.9 Å². The lowest BCUT2D eigenvalue weighted by molar-refractivity contribution is -0.167. The molecule has 6 nitrogen and oxygen atoms in total. The molecule has 0 radical (unpaired) electrons. The van der Waals surface area contributed by atoms with Crippen molar-refractivity contribution in [3.63, 3.8) is 0 Å². The number of allylic oxidation sites excluding steroid dienone is 14. The Bertz CT molecular complexity index is 1330. The Kier molecular flexibility index (Phi) is 54.3. The number of carbonyl (C=O) groups is 3. The van der Waals surface area contributed by atoms with Crippen LogP contribution in [0, 0.1) is 0 Å². The van der Waals surface area contributed by atoms with E-state index < -0.39 is 6.10 Å². The zero-order chi connectivity index (χ0) is 50.0. The van der Waals surface area contributed by atoms with Gasteiger partial charge in [0.15, 0.2) is 6.10 Å². The van der Waals surface area contributed by atoms with Crippen LogP contribution >= 0.6 is 0 Å². The highest BCUT2D eigenvalue weighted by Gasteiger charge is 2.19. The van der Waals surface area contributed by atoms with Gasteiger partial charge in [-0.15, -0.1) is 0 Å². The lowest BCUT2D eigenvalue weighted by atomic mass is 10.0. The van der Waals surface area contributed by atoms with Gasteiger partial charge in [-0.2, -0.15) is 0 Å². The molecule has 0 aliphatic rings. The topological polar surface area (TPSA) is 78.9 Å². The van der Waals surface area contributed by atoms with Gasteiger partial charge < -0.3 is 14.2 Å². The quantitative estimate of drug-likeness (QED) is 0.0262. The van der Waals surface area contributed by atoms with Crippen molar-refractivity contribution in [3.8, 4) is 0 Å². The zero-order valence-corrected chi connectivity index (χ0v) is 45.3. The molecule has 0 aliphatic heterocycles. The molecular weight excluding hydrogens is 853 g/mol. The van der Waals surface area contributed by atoms with Gasteiger partial charge in [-0.3, -0.25) is 14.4 Å². The largest absolute Gasteiger partial charge is 0.462 e. The summed E-state index contributed by atoms with van der Waals surface area (Å²) < 4.78 is 16.8. The molecule has 0 saturated heterocycles. The summed E-state index contributed by atoms with van der Waals surface area (Å²) in [5.41, 5.74) is 0. The van der Waals surface area contributed by atoms with Crippen LogP contribution in [0.1, 0.15) is 278 Å². The summed E-state index contributed by atoms with van der Waals surface area (Å²) in [5.74, 6) is -0.948. The van der Waals surface area contributed by atoms with E-state index >= 15 is 0 Å². The second-order valence-electron chi connectivity index (χ2n) is 19.1. The zero-order valence-electron chi connectivity index (χ0n) is 45.3. The van der Waals surface area contributed by atoms with Gasteiger partial charge in [0.2, 0.25) is 0 Å². The van der Waals surface area contributed by atoms with Gasteiger partial charge in [-0.1, -0.05) is 254 Å². The van der Waals surface area contributed by atoms with Crippen molar-refractivity contribution in [3.05, 3.63) is 85.1 Å². The number of hydrogen-bond acceptors (Lipinski definition) is 6. The third-order valence-electron chi connectivity index (χ3n) is 12.4. The lowest BCUT2D eigenvalue weighted by Gasteiger charge is -2.18. The summed E-state index contributed by atoms with van der Waals surface area (Å²) in [5, 5.41) is 0. The predicted molar refractivity (Wildman–Crippen MR) is 297 cm³/mol. The minimum Gasteiger partial charge on any atom is -0.462 e. The summed E-state index contributed by atoms with van der Waals surface area (Å²) in [4.78, 5) is 38.1. The first-order valence-corrected chi connectivity index (χ1v) is 29.1. The molecule has 0 aliphatic carbocycles. The van der Waals surface area contributed by atoms with Crippen molar-refractivity contribution in [2.24, 2.45) is 0 Å². The minimum absolute atomic E-state index is 0.0951. The van der Waals surface area contributed by atoms with Crippen LogP contribution in [-0.4, -0.2) is 37.2 Å². The Morgan fingerprint density at radius 2 is 0.565 bits per heavy atom. The second-order valence-corrected chi connectivity index (χ2v) is 19.1. The molecule has 0 aromatic carbocycles. The van der Waals surface area contributed by atoms with Crippen molar-refractivity contribution < 1.29 is 28.6 Å². The average molecular weight is 962 g/mol. The molecule has 0 aromatic heterocycles. The van der Waals surface area contributed by atoms with Gasteiger partial charge in [-0.25, -0.2) is 0 Å². The van der Waals surface area contributed by atoms with Crippen LogP contribution in [0.5, 0.6) is 0 Å². The van der Waals surface area contributed by atoms with Crippen molar-refractivity contribution in [1.29, 1.82) is 0 Å². The van der Waals surface area contributed by atoms with Crippen molar-refractivity contribution in [1.82, 2.24) is 0 Å². The summed E-state index contributed by atoms with van der Waals surface area (Å²) in [6.07, 6.45) is 74.4. The van der Waals surface area contributed by atoms with E-state index in [-0.39, 0.29) is 31.1 Å². The number of ether oxygens (including phenoxy) is 3. The molecule has 0 amide bonds. The van der Waals surface area contributed by atoms with E-state index in [1.54, 1.807) is 0 Å². The molecule has 396 valence electrons. The van der Waals surface area contributed by atoms with Gasteiger partial charge in [0.25, 0.3) is 0 Å². The van der Waals surface area contributed by atoms with Gasteiger partial charge in [0.1, 0.15) is 13.2 Å². The molecule has 69 heavy (non-hydrogen) atoms. The van der Waals surface area contributed by atoms with Crippen molar-refractivity contribution in [2.75, 3.05) is 13.2 Å². The number of hydrogen-bond donors (Lipinski definition) is 0. The average Bonchev–Trinajstić information content (AvgIpc) is 3.35. The SMILES string of the molecule is CC/C=C\C/C=C\C/C=C\C/C=C\CCCCC(=O)OC[C@H](COC(=O)CCCCCCCCCCCCCCCCCCCCCCC)OC(=O)CCCCCCC/C=C\C/C=C\C/C=C\CC. The maximum absolute atomic E-state index is 12.8. The Hall–Kier alpha value is -3.41. The third kappa shape index (κ3) is 55.4. The van der Waals surface area contributed by atoms with Crippen molar-refractivity contribution in [2.45, 2.75) is 284 Å². The summed E-state index contributed by atoms with van der Waals surface area (Å²) in [6.45, 7) is 6.39. The molecule has 0 aromatic rings. The first-order chi connectivity index (χ1) is 34.0. The van der Waals surface area contributed by atoms with Gasteiger partial charge in [0, 0.05) is 19.3 Å². The Morgan fingerprint density at radius 3 is 0.913 bits per heavy atom. The van der Waals surface area contributed by atoms with E-state index in [9.17, 15) is 14.4 Å². The summed E-state index contributed by atoms with van der Waals surface area (Å²) in [7, 11) is 0. The Morgan fingerprint density at radius 1 is 0.304 bits per heavy atom. The fraction of sp³-hybridized carbons (Fsp3) is 0.730. The molecule has 0 rings (SSSR count). The first-order valence-electron chi connectivity index (χ1n) is 29.1. The molecule has 0 N–H and O–H groups in total. The fourth-order valence-corrected chi connectivity index (χ4v) is 8.10. The smallest absolute Gasteiger partial charge is 0.306 e. The molecular formula is C63H108O6. The molecule has 1 atom stereocenters. The normalized spacial score (nSPS) is 12.7. The highest BCUT2D eigenvalue weighted by molar-refractivity contribution is 5.71. The van der Waals surface area contributed by atoms with Crippen LogP contribution in [-0.2, 0) is 28.6 Å². The van der Waals surface area contributed by atoms with E-state index in [1.165, 1.54) is 116 Å². The molecule has 0 fully saturated rings. The second kappa shape index (κ2) is 57.2. The monoisotopic (exact) mass is 961 g/mol. The molecule has 0 saturated carbocycles. The third-order valence-corrected chi connectivity index (χ3v) is 12.4. The van der Waals surface area contributed by atoms with Crippen LogP contribution in [0.15, 0.2) is 85.1 Å². The van der Waals surface area contributed by atoms with Crippen LogP contribution in [0.2, 0.25) is 0 Å². The van der Waals surface area contributed by atoms with Gasteiger partial charge >= 0.3 is 17.9 Å². The van der Waals surface area contributed by atoms with E-state index in [2.05, 4.69) is 106 Å². The molecule has 6 heteroatoms. The highest BCUT2D eigenvalue weighted by Crippen LogP contribution is 2.16. The molecule has 0 unspecified atom stereocenters. The van der Waals surface area contributed by atoms with Crippen LogP contribution in [0.25, 0.3) is 0 Å². The van der Waals surface area contributed by atoms with E-state index in [0.29, 0.717) is 19.3 Å². The molecule has 0 bridgehead atoms. The molecule has 0 spiro atoms. The molecule has 0 heterocycles. The maximum Gasteiger partial charge on any atom is 0.306 e. The Labute approximate surface area is 426 Å². The summed E-state index contributed by atoms with van der Waals surface area (Å²) >= 11 is 0. The first kappa shape index (κ1) is 65.6. The highest BCUT2D eigenvalue weighted by atomic mass is 16.6. The van der Waals surface area contributed by atoms with Crippen LogP contribution in [0.4, 0.5) is 0 Å². The maximum atomic E-state index is 12.8. The minimum atomic E-state index is -0.802. The standard InChI is InChI=1S/C63H108O6/c1-4-7-10-13-16-19-22-25-28-29-30-31-32-33-36-38-41-44-47-50-53-56-62(65)68-59-60(69-63(66)57-54-51-48-45-42-39-35-27-24-21-18-15-12-9-6-3)58-67-61(64)55-52-49-46-43-40-37-34-26-23-20-17-14-11-8-5-2/h8-9,11-12,17-18,20-21,26-27,34-35,40,43,60H,4-7,10,13-16,19,22-25,28-33,36-39,41-42,44-59H2,1-3H3/b11-8-,12-9-,20-17-,21-18-,34-26-,35-27-,43-40-/t60-/m1/s1.